The second kappa shape index (κ2) is 10.4. The van der Waals surface area contributed by atoms with Crippen LogP contribution in [-0.4, -0.2) is 25.6 Å². The van der Waals surface area contributed by atoms with E-state index in [1.165, 1.54) is 12.1 Å². The summed E-state index contributed by atoms with van der Waals surface area (Å²) in [7, 11) is -3.93. The molecule has 1 amide bonds. The van der Waals surface area contributed by atoms with Gasteiger partial charge in [0.2, 0.25) is 15.9 Å². The van der Waals surface area contributed by atoms with Crippen LogP contribution >= 0.6 is 0 Å². The van der Waals surface area contributed by atoms with Crippen LogP contribution in [0.4, 0.5) is 32.0 Å². The van der Waals surface area contributed by atoms with E-state index >= 15 is 0 Å². The number of aromatic nitrogens is 1. The molecule has 0 fully saturated rings. The van der Waals surface area contributed by atoms with E-state index in [1.54, 1.807) is 4.72 Å². The number of anilines is 1. The highest BCUT2D eigenvalue weighted by molar-refractivity contribution is 7.92. The standard InChI is InChI=1S/C23H17F6N3O3S/c1-36(34,35)32-22-17(25)9-13(10-18(22)26)12-30-20(33)8-6-14-5-7-19(23(27,28)29)31-21(14)15-3-2-4-16(24)11-15/h2-11,32H,12H2,1H3,(H,30,33). The lowest BCUT2D eigenvalue weighted by atomic mass is 10.0. The molecular formula is C23H17F6N3O3S. The third-order valence-corrected chi connectivity index (χ3v) is 5.16. The number of carbonyl (C=O) groups is 1. The Balaban J connectivity index is 1.80. The summed E-state index contributed by atoms with van der Waals surface area (Å²) in [5.41, 5.74) is -2.19. The molecule has 2 N–H and O–H groups in total. The molecule has 0 saturated heterocycles. The largest absolute Gasteiger partial charge is 0.433 e. The van der Waals surface area contributed by atoms with E-state index in [4.69, 9.17) is 0 Å². The molecule has 0 bridgehead atoms. The third-order valence-electron chi connectivity index (χ3n) is 4.59. The first-order chi connectivity index (χ1) is 16.7. The fourth-order valence-electron chi connectivity index (χ4n) is 3.05. The Morgan fingerprint density at radius 1 is 1.03 bits per heavy atom. The van der Waals surface area contributed by atoms with Gasteiger partial charge in [0.05, 0.1) is 11.9 Å². The molecule has 36 heavy (non-hydrogen) atoms. The molecule has 3 rings (SSSR count). The van der Waals surface area contributed by atoms with Crippen molar-refractivity contribution in [3.8, 4) is 11.3 Å². The molecule has 0 aliphatic heterocycles. The van der Waals surface area contributed by atoms with Crippen LogP contribution in [0, 0.1) is 17.5 Å². The summed E-state index contributed by atoms with van der Waals surface area (Å²) < 4.78 is 105. The van der Waals surface area contributed by atoms with Crippen LogP contribution in [0.3, 0.4) is 0 Å². The fourth-order valence-corrected chi connectivity index (χ4v) is 3.62. The maximum atomic E-state index is 14.1. The summed E-state index contributed by atoms with van der Waals surface area (Å²) >= 11 is 0. The van der Waals surface area contributed by atoms with Crippen molar-refractivity contribution in [2.75, 3.05) is 11.0 Å². The summed E-state index contributed by atoms with van der Waals surface area (Å²) in [4.78, 5) is 15.8. The smallest absolute Gasteiger partial charge is 0.348 e. The van der Waals surface area contributed by atoms with Gasteiger partial charge in [0.25, 0.3) is 0 Å². The SMILES string of the molecule is CS(=O)(=O)Nc1c(F)cc(CNC(=O)C=Cc2ccc(C(F)(F)F)nc2-c2cccc(F)c2)cc1F. The molecule has 3 aromatic rings. The van der Waals surface area contributed by atoms with Gasteiger partial charge in [-0.3, -0.25) is 9.52 Å². The van der Waals surface area contributed by atoms with Crippen LogP contribution < -0.4 is 10.0 Å². The Labute approximate surface area is 201 Å². The number of amides is 1. The van der Waals surface area contributed by atoms with Gasteiger partial charge < -0.3 is 5.32 Å². The molecule has 0 unspecified atom stereocenters. The Morgan fingerprint density at radius 2 is 1.69 bits per heavy atom. The lowest BCUT2D eigenvalue weighted by Crippen LogP contribution is -2.21. The number of nitrogens with zero attached hydrogens (tertiary/aromatic N) is 1. The second-order valence-electron chi connectivity index (χ2n) is 7.50. The lowest BCUT2D eigenvalue weighted by molar-refractivity contribution is -0.141. The number of alkyl halides is 3. The third kappa shape index (κ3) is 7.07. The number of rotatable bonds is 7. The Morgan fingerprint density at radius 3 is 2.28 bits per heavy atom. The maximum Gasteiger partial charge on any atom is 0.433 e. The zero-order chi connectivity index (χ0) is 26.7. The van der Waals surface area contributed by atoms with Gasteiger partial charge in [0.15, 0.2) is 11.6 Å². The van der Waals surface area contributed by atoms with Crippen molar-refractivity contribution in [1.82, 2.24) is 10.3 Å². The Hall–Kier alpha value is -3.87. The zero-order valence-corrected chi connectivity index (χ0v) is 19.1. The molecular weight excluding hydrogens is 512 g/mol. The van der Waals surface area contributed by atoms with Gasteiger partial charge in [-0.15, -0.1) is 0 Å². The Kier molecular flexibility index (Phi) is 7.72. The number of hydrogen-bond acceptors (Lipinski definition) is 4. The Bertz CT molecular complexity index is 1420. The minimum atomic E-state index is -4.75. The first-order valence-electron chi connectivity index (χ1n) is 9.99. The van der Waals surface area contributed by atoms with Crippen molar-refractivity contribution >= 4 is 27.7 Å². The van der Waals surface area contributed by atoms with E-state index in [9.17, 15) is 39.6 Å². The van der Waals surface area contributed by atoms with E-state index in [2.05, 4.69) is 10.3 Å². The molecule has 2 aromatic carbocycles. The first kappa shape index (κ1) is 26.7. The summed E-state index contributed by atoms with van der Waals surface area (Å²) in [6.07, 6.45) is -1.92. The summed E-state index contributed by atoms with van der Waals surface area (Å²) in [6.45, 7) is -0.349. The summed E-state index contributed by atoms with van der Waals surface area (Å²) in [6, 6.07) is 8.16. The minimum Gasteiger partial charge on any atom is -0.348 e. The van der Waals surface area contributed by atoms with Crippen LogP contribution in [0.25, 0.3) is 17.3 Å². The molecule has 0 radical (unpaired) electrons. The van der Waals surface area contributed by atoms with Crippen LogP contribution in [-0.2, 0) is 27.5 Å². The molecule has 190 valence electrons. The lowest BCUT2D eigenvalue weighted by Gasteiger charge is -2.11. The molecule has 1 heterocycles. The van der Waals surface area contributed by atoms with E-state index < -0.39 is 50.9 Å². The predicted octanol–water partition coefficient (Wildman–Crippen LogP) is 4.89. The van der Waals surface area contributed by atoms with Gasteiger partial charge in [-0.05, 0) is 42.0 Å². The maximum absolute atomic E-state index is 14.1. The number of halogens is 6. The fraction of sp³-hybridized carbons (Fsp3) is 0.130. The van der Waals surface area contributed by atoms with Gasteiger partial charge >= 0.3 is 6.18 Å². The highest BCUT2D eigenvalue weighted by Crippen LogP contribution is 2.32. The number of hydrogen-bond donors (Lipinski definition) is 2. The quantitative estimate of drug-likeness (QED) is 0.337. The molecule has 0 atom stereocenters. The van der Waals surface area contributed by atoms with E-state index in [1.807, 2.05) is 0 Å². The predicted molar refractivity (Wildman–Crippen MR) is 120 cm³/mol. The zero-order valence-electron chi connectivity index (χ0n) is 18.3. The molecule has 0 spiro atoms. The van der Waals surface area contributed by atoms with Gasteiger partial charge in [0, 0.05) is 23.7 Å². The van der Waals surface area contributed by atoms with Gasteiger partial charge in [-0.2, -0.15) is 13.2 Å². The normalized spacial score (nSPS) is 12.1. The van der Waals surface area contributed by atoms with Crippen molar-refractivity contribution in [3.05, 3.63) is 88.9 Å². The van der Waals surface area contributed by atoms with Crippen molar-refractivity contribution in [3.63, 3.8) is 0 Å². The average Bonchev–Trinajstić information content (AvgIpc) is 2.77. The van der Waals surface area contributed by atoms with Gasteiger partial charge in [0.1, 0.15) is 17.2 Å². The number of carbonyl (C=O) groups excluding carboxylic acids is 1. The second-order valence-corrected chi connectivity index (χ2v) is 9.25. The highest BCUT2D eigenvalue weighted by atomic mass is 32.2. The molecule has 1 aromatic heterocycles. The van der Waals surface area contributed by atoms with Gasteiger partial charge in [-0.25, -0.2) is 26.6 Å². The minimum absolute atomic E-state index is 0.0255. The van der Waals surface area contributed by atoms with Crippen LogP contribution in [0.1, 0.15) is 16.8 Å². The van der Waals surface area contributed by atoms with E-state index in [-0.39, 0.29) is 28.9 Å². The van der Waals surface area contributed by atoms with Crippen molar-refractivity contribution in [2.45, 2.75) is 12.7 Å². The summed E-state index contributed by atoms with van der Waals surface area (Å²) in [5, 5.41) is 2.34. The van der Waals surface area contributed by atoms with E-state index in [0.717, 1.165) is 48.7 Å². The van der Waals surface area contributed by atoms with E-state index in [0.29, 0.717) is 6.07 Å². The van der Waals surface area contributed by atoms with Crippen LogP contribution in [0.5, 0.6) is 0 Å². The molecule has 0 saturated carbocycles. The number of nitrogens with one attached hydrogen (secondary N) is 2. The molecule has 13 heteroatoms. The van der Waals surface area contributed by atoms with Crippen LogP contribution in [0.15, 0.2) is 54.6 Å². The average molecular weight is 529 g/mol. The van der Waals surface area contributed by atoms with Gasteiger partial charge in [-0.1, -0.05) is 18.2 Å². The number of benzene rings is 2. The number of sulfonamides is 1. The van der Waals surface area contributed by atoms with Crippen molar-refractivity contribution < 1.29 is 39.6 Å². The molecule has 0 aliphatic rings. The first-order valence-corrected chi connectivity index (χ1v) is 11.9. The van der Waals surface area contributed by atoms with Crippen molar-refractivity contribution in [2.24, 2.45) is 0 Å². The highest BCUT2D eigenvalue weighted by Gasteiger charge is 2.33. The molecule has 6 nitrogen and oxygen atoms in total. The summed E-state index contributed by atoms with van der Waals surface area (Å²) in [5.74, 6) is -3.86. The molecule has 0 aliphatic carbocycles. The van der Waals surface area contributed by atoms with Crippen molar-refractivity contribution in [1.29, 1.82) is 0 Å². The number of pyridine rings is 1. The van der Waals surface area contributed by atoms with Crippen LogP contribution in [0.2, 0.25) is 0 Å². The monoisotopic (exact) mass is 529 g/mol. The topological polar surface area (TPSA) is 88.2 Å².